The third-order valence-corrected chi connectivity index (χ3v) is 4.85. The zero-order valence-electron chi connectivity index (χ0n) is 15.4. The van der Waals surface area contributed by atoms with Gasteiger partial charge in [-0.3, -0.25) is 0 Å². The summed E-state index contributed by atoms with van der Waals surface area (Å²) in [5, 5.41) is 0. The molecule has 0 atom stereocenters. The van der Waals surface area contributed by atoms with E-state index in [1.807, 2.05) is 48.5 Å². The van der Waals surface area contributed by atoms with Crippen LogP contribution >= 0.6 is 0 Å². The summed E-state index contributed by atoms with van der Waals surface area (Å²) < 4.78 is 28.8. The summed E-state index contributed by atoms with van der Waals surface area (Å²) in [7, 11) is 1.66. The minimum Gasteiger partial charge on any atom is -0.340 e. The molecule has 0 saturated carbocycles. The molecule has 28 heavy (non-hydrogen) atoms. The van der Waals surface area contributed by atoms with Gasteiger partial charge in [-0.2, -0.15) is 0 Å². The Balaban J connectivity index is 1.62. The normalized spacial score (nSPS) is 10.7. The molecule has 0 bridgehead atoms. The van der Waals surface area contributed by atoms with E-state index in [4.69, 9.17) is 0 Å². The molecule has 0 saturated heterocycles. The maximum absolute atomic E-state index is 14.8. The summed E-state index contributed by atoms with van der Waals surface area (Å²) in [6.45, 7) is 0. The molecule has 0 aliphatic heterocycles. The van der Waals surface area contributed by atoms with Crippen molar-refractivity contribution in [3.8, 4) is 22.3 Å². The van der Waals surface area contributed by atoms with Crippen molar-refractivity contribution < 1.29 is 8.78 Å². The van der Waals surface area contributed by atoms with Crippen LogP contribution in [0.1, 0.15) is 0 Å². The van der Waals surface area contributed by atoms with E-state index in [0.29, 0.717) is 11.4 Å². The van der Waals surface area contributed by atoms with Crippen molar-refractivity contribution in [2.75, 3.05) is 11.9 Å². The maximum Gasteiger partial charge on any atom is 0.147 e. The third-order valence-electron chi connectivity index (χ3n) is 4.85. The minimum atomic E-state index is -0.393. The fourth-order valence-electron chi connectivity index (χ4n) is 3.30. The molecule has 138 valence electrons. The SMILES string of the molecule is CN(c1ccccc1F)c1ccc(-c2ccc(-c3ccccc3)cc2)cc1F. The highest BCUT2D eigenvalue weighted by Gasteiger charge is 2.14. The van der Waals surface area contributed by atoms with Crippen LogP contribution in [0.25, 0.3) is 22.3 Å². The van der Waals surface area contributed by atoms with Crippen molar-refractivity contribution in [3.05, 3.63) is 109 Å². The van der Waals surface area contributed by atoms with Gasteiger partial charge in [-0.05, 0) is 46.5 Å². The average Bonchev–Trinajstić information content (AvgIpc) is 2.74. The van der Waals surface area contributed by atoms with Crippen LogP contribution < -0.4 is 4.90 Å². The van der Waals surface area contributed by atoms with Gasteiger partial charge < -0.3 is 4.90 Å². The van der Waals surface area contributed by atoms with Gasteiger partial charge in [0.05, 0.1) is 11.4 Å². The van der Waals surface area contributed by atoms with Crippen LogP contribution in [-0.4, -0.2) is 7.05 Å². The molecular formula is C25H19F2N. The Kier molecular flexibility index (Phi) is 4.90. The number of anilines is 2. The van der Waals surface area contributed by atoms with Crippen LogP contribution in [0.3, 0.4) is 0 Å². The zero-order chi connectivity index (χ0) is 19.5. The summed E-state index contributed by atoms with van der Waals surface area (Å²) in [5.41, 5.74) is 4.63. The van der Waals surface area contributed by atoms with Gasteiger partial charge in [0.15, 0.2) is 0 Å². The van der Waals surface area contributed by atoms with Gasteiger partial charge >= 0.3 is 0 Å². The minimum absolute atomic E-state index is 0.328. The van der Waals surface area contributed by atoms with Crippen molar-refractivity contribution in [2.24, 2.45) is 0 Å². The smallest absolute Gasteiger partial charge is 0.147 e. The average molecular weight is 371 g/mol. The number of para-hydroxylation sites is 1. The molecule has 0 aliphatic carbocycles. The van der Waals surface area contributed by atoms with E-state index >= 15 is 0 Å². The standard InChI is InChI=1S/C25H19F2N/c1-28(24-10-6-5-9-22(24)26)25-16-15-21(17-23(25)27)20-13-11-19(12-14-20)18-7-3-2-4-8-18/h2-17H,1H3. The number of halogens is 2. The molecule has 4 aromatic carbocycles. The van der Waals surface area contributed by atoms with E-state index in [1.165, 1.54) is 17.0 Å². The van der Waals surface area contributed by atoms with Gasteiger partial charge in [-0.15, -0.1) is 0 Å². The van der Waals surface area contributed by atoms with Gasteiger partial charge in [-0.1, -0.05) is 72.8 Å². The first-order chi connectivity index (χ1) is 13.6. The van der Waals surface area contributed by atoms with Crippen molar-refractivity contribution in [1.82, 2.24) is 0 Å². The Hall–Kier alpha value is -3.46. The van der Waals surface area contributed by atoms with E-state index in [9.17, 15) is 8.78 Å². The highest BCUT2D eigenvalue weighted by Crippen LogP contribution is 2.32. The number of hydrogen-bond acceptors (Lipinski definition) is 1. The third kappa shape index (κ3) is 3.52. The molecule has 4 aromatic rings. The van der Waals surface area contributed by atoms with E-state index in [1.54, 1.807) is 31.3 Å². The lowest BCUT2D eigenvalue weighted by Crippen LogP contribution is -2.12. The van der Waals surface area contributed by atoms with Gasteiger partial charge in [0, 0.05) is 7.05 Å². The van der Waals surface area contributed by atoms with Gasteiger partial charge in [0.25, 0.3) is 0 Å². The van der Waals surface area contributed by atoms with E-state index in [2.05, 4.69) is 12.1 Å². The summed E-state index contributed by atoms with van der Waals surface area (Å²) in [5.74, 6) is -0.777. The van der Waals surface area contributed by atoms with Crippen LogP contribution in [0, 0.1) is 11.6 Å². The molecule has 0 radical (unpaired) electrons. The number of hydrogen-bond donors (Lipinski definition) is 0. The highest BCUT2D eigenvalue weighted by atomic mass is 19.1. The van der Waals surface area contributed by atoms with Crippen LogP contribution in [-0.2, 0) is 0 Å². The van der Waals surface area contributed by atoms with Crippen LogP contribution in [0.15, 0.2) is 97.1 Å². The van der Waals surface area contributed by atoms with Gasteiger partial charge in [0.1, 0.15) is 11.6 Å². The molecule has 0 unspecified atom stereocenters. The predicted octanol–water partition coefficient (Wildman–Crippen LogP) is 7.07. The van der Waals surface area contributed by atoms with Crippen molar-refractivity contribution in [3.63, 3.8) is 0 Å². The highest BCUT2D eigenvalue weighted by molar-refractivity contribution is 5.73. The molecule has 0 heterocycles. The lowest BCUT2D eigenvalue weighted by atomic mass is 10.00. The fourth-order valence-corrected chi connectivity index (χ4v) is 3.30. The Morgan fingerprint density at radius 2 is 1.00 bits per heavy atom. The van der Waals surface area contributed by atoms with E-state index in [0.717, 1.165) is 22.3 Å². The zero-order valence-corrected chi connectivity index (χ0v) is 15.4. The molecule has 0 N–H and O–H groups in total. The van der Waals surface area contributed by atoms with Crippen LogP contribution in [0.2, 0.25) is 0 Å². The molecule has 0 amide bonds. The topological polar surface area (TPSA) is 3.24 Å². The molecule has 3 heteroatoms. The molecule has 4 rings (SSSR count). The Morgan fingerprint density at radius 1 is 0.500 bits per heavy atom. The number of rotatable bonds is 4. The first kappa shape index (κ1) is 17.9. The van der Waals surface area contributed by atoms with Crippen molar-refractivity contribution in [2.45, 2.75) is 0 Å². The van der Waals surface area contributed by atoms with Crippen LogP contribution in [0.5, 0.6) is 0 Å². The summed E-state index contributed by atoms with van der Waals surface area (Å²) in [6, 6.07) is 29.5. The van der Waals surface area contributed by atoms with E-state index in [-0.39, 0.29) is 5.82 Å². The molecule has 0 aliphatic rings. The Bertz CT molecular complexity index is 1090. The Morgan fingerprint density at radius 3 is 1.64 bits per heavy atom. The summed E-state index contributed by atoms with van der Waals surface area (Å²) >= 11 is 0. The summed E-state index contributed by atoms with van der Waals surface area (Å²) in [4.78, 5) is 1.52. The lowest BCUT2D eigenvalue weighted by Gasteiger charge is -2.21. The van der Waals surface area contributed by atoms with E-state index < -0.39 is 5.82 Å². The number of benzene rings is 4. The quantitative estimate of drug-likeness (QED) is 0.371. The van der Waals surface area contributed by atoms with Crippen molar-refractivity contribution >= 4 is 11.4 Å². The van der Waals surface area contributed by atoms with Gasteiger partial charge in [-0.25, -0.2) is 8.78 Å². The maximum atomic E-state index is 14.8. The fraction of sp³-hybridized carbons (Fsp3) is 0.0400. The monoisotopic (exact) mass is 371 g/mol. The lowest BCUT2D eigenvalue weighted by molar-refractivity contribution is 0.617. The summed E-state index contributed by atoms with van der Waals surface area (Å²) in [6.07, 6.45) is 0. The first-order valence-corrected chi connectivity index (χ1v) is 9.07. The van der Waals surface area contributed by atoms with Gasteiger partial charge in [0.2, 0.25) is 0 Å². The molecular weight excluding hydrogens is 352 g/mol. The molecule has 0 spiro atoms. The first-order valence-electron chi connectivity index (χ1n) is 9.07. The second-order valence-corrected chi connectivity index (χ2v) is 6.62. The van der Waals surface area contributed by atoms with Crippen LogP contribution in [0.4, 0.5) is 20.2 Å². The van der Waals surface area contributed by atoms with Crippen molar-refractivity contribution in [1.29, 1.82) is 0 Å². The number of nitrogens with zero attached hydrogens (tertiary/aromatic N) is 1. The molecule has 1 nitrogen and oxygen atoms in total. The second-order valence-electron chi connectivity index (χ2n) is 6.62. The second kappa shape index (κ2) is 7.65. The Labute approximate surface area is 163 Å². The predicted molar refractivity (Wildman–Crippen MR) is 112 cm³/mol. The molecule has 0 fully saturated rings. The largest absolute Gasteiger partial charge is 0.340 e. The molecule has 0 aromatic heterocycles.